The van der Waals surface area contributed by atoms with E-state index in [9.17, 15) is 4.79 Å². The number of hydrogen-bond donors (Lipinski definition) is 0. The van der Waals surface area contributed by atoms with Crippen LogP contribution in [0, 0.1) is 11.8 Å². The summed E-state index contributed by atoms with van der Waals surface area (Å²) in [5, 5.41) is 5.87. The van der Waals surface area contributed by atoms with Gasteiger partial charge in [0, 0.05) is 49.6 Å². The standard InChI is InChI=1S/C29H37ClN4O/c1-21(2)15-29(35)33(17-22(3)4)20-27-26-19-32(18-23-9-8-10-24(30)16-23)14-13-28(26)34(31-27)25-11-6-5-7-12-25/h5-12,16,21-22H,13-15,17-20H2,1-4H3. The third-order valence-corrected chi connectivity index (χ3v) is 6.61. The van der Waals surface area contributed by atoms with Crippen molar-refractivity contribution in [3.63, 3.8) is 0 Å². The van der Waals surface area contributed by atoms with E-state index in [1.54, 1.807) is 0 Å². The number of amides is 1. The SMILES string of the molecule is CC(C)CC(=O)N(Cc1nn(-c2ccccc2)c2c1CN(Cc1cccc(Cl)c1)CC2)CC(C)C. The second-order valence-electron chi connectivity index (χ2n) is 10.5. The van der Waals surface area contributed by atoms with Crippen molar-refractivity contribution >= 4 is 17.5 Å². The Kier molecular flexibility index (Phi) is 8.30. The largest absolute Gasteiger partial charge is 0.336 e. The van der Waals surface area contributed by atoms with Crippen molar-refractivity contribution in [3.05, 3.63) is 82.1 Å². The summed E-state index contributed by atoms with van der Waals surface area (Å²) < 4.78 is 2.10. The van der Waals surface area contributed by atoms with E-state index < -0.39 is 0 Å². The number of nitrogens with zero attached hydrogens (tertiary/aromatic N) is 4. The van der Waals surface area contributed by atoms with E-state index >= 15 is 0 Å². The maximum atomic E-state index is 13.1. The van der Waals surface area contributed by atoms with Gasteiger partial charge < -0.3 is 4.90 Å². The van der Waals surface area contributed by atoms with E-state index in [4.69, 9.17) is 16.7 Å². The highest BCUT2D eigenvalue weighted by Crippen LogP contribution is 2.28. The molecule has 1 amide bonds. The van der Waals surface area contributed by atoms with Gasteiger partial charge in [-0.2, -0.15) is 5.10 Å². The number of hydrogen-bond acceptors (Lipinski definition) is 3. The summed E-state index contributed by atoms with van der Waals surface area (Å²) in [7, 11) is 0. The first-order valence-electron chi connectivity index (χ1n) is 12.7. The lowest BCUT2D eigenvalue weighted by Crippen LogP contribution is -2.35. The van der Waals surface area contributed by atoms with Crippen LogP contribution in [0.1, 0.15) is 56.6 Å². The van der Waals surface area contributed by atoms with Crippen LogP contribution in [0.25, 0.3) is 5.69 Å². The third-order valence-electron chi connectivity index (χ3n) is 6.38. The Balaban J connectivity index is 1.66. The topological polar surface area (TPSA) is 41.4 Å². The van der Waals surface area contributed by atoms with Crippen LogP contribution in [0.5, 0.6) is 0 Å². The molecule has 0 radical (unpaired) electrons. The van der Waals surface area contributed by atoms with Gasteiger partial charge in [0.05, 0.1) is 23.6 Å². The van der Waals surface area contributed by atoms with Gasteiger partial charge in [0.2, 0.25) is 5.91 Å². The minimum atomic E-state index is 0.211. The van der Waals surface area contributed by atoms with Crippen molar-refractivity contribution in [3.8, 4) is 5.69 Å². The summed E-state index contributed by atoms with van der Waals surface area (Å²) in [4.78, 5) is 17.6. The highest BCUT2D eigenvalue weighted by atomic mass is 35.5. The minimum absolute atomic E-state index is 0.211. The molecule has 0 spiro atoms. The monoisotopic (exact) mass is 492 g/mol. The van der Waals surface area contributed by atoms with Gasteiger partial charge in [-0.3, -0.25) is 9.69 Å². The van der Waals surface area contributed by atoms with Crippen molar-refractivity contribution in [1.82, 2.24) is 19.6 Å². The zero-order valence-corrected chi connectivity index (χ0v) is 22.1. The molecule has 1 aliphatic rings. The number of benzene rings is 2. The lowest BCUT2D eigenvalue weighted by molar-refractivity contribution is -0.133. The predicted molar refractivity (Wildman–Crippen MR) is 143 cm³/mol. The molecule has 1 aliphatic heterocycles. The Labute approximate surface area is 214 Å². The molecule has 0 N–H and O–H groups in total. The molecule has 4 rings (SSSR count). The fraction of sp³-hybridized carbons (Fsp3) is 0.448. The number of rotatable bonds is 9. The second kappa shape index (κ2) is 11.4. The van der Waals surface area contributed by atoms with Crippen LogP contribution >= 0.6 is 11.6 Å². The molecular formula is C29H37ClN4O. The fourth-order valence-corrected chi connectivity index (χ4v) is 5.05. The number of carbonyl (C=O) groups is 1. The van der Waals surface area contributed by atoms with Crippen LogP contribution in [0.4, 0.5) is 0 Å². The molecule has 0 saturated carbocycles. The Morgan fingerprint density at radius 2 is 1.83 bits per heavy atom. The van der Waals surface area contributed by atoms with Gasteiger partial charge in [-0.15, -0.1) is 0 Å². The average molecular weight is 493 g/mol. The van der Waals surface area contributed by atoms with Gasteiger partial charge in [0.15, 0.2) is 0 Å². The van der Waals surface area contributed by atoms with Gasteiger partial charge in [-0.25, -0.2) is 4.68 Å². The first-order chi connectivity index (χ1) is 16.8. The van der Waals surface area contributed by atoms with Crippen LogP contribution < -0.4 is 0 Å². The van der Waals surface area contributed by atoms with Crippen LogP contribution in [0.15, 0.2) is 54.6 Å². The van der Waals surface area contributed by atoms with E-state index in [1.807, 2.05) is 29.2 Å². The van der Waals surface area contributed by atoms with Gasteiger partial charge in [0.25, 0.3) is 0 Å². The normalized spacial score (nSPS) is 13.9. The number of halogens is 1. The van der Waals surface area contributed by atoms with Gasteiger partial charge in [-0.1, -0.05) is 69.6 Å². The van der Waals surface area contributed by atoms with Crippen molar-refractivity contribution in [2.24, 2.45) is 11.8 Å². The maximum Gasteiger partial charge on any atom is 0.223 e. The molecule has 0 saturated heterocycles. The maximum absolute atomic E-state index is 13.1. The molecular weight excluding hydrogens is 456 g/mol. The van der Waals surface area contributed by atoms with Crippen LogP contribution in [0.3, 0.4) is 0 Å². The highest BCUT2D eigenvalue weighted by molar-refractivity contribution is 6.30. The Morgan fingerprint density at radius 3 is 2.51 bits per heavy atom. The summed E-state index contributed by atoms with van der Waals surface area (Å²) in [6.45, 7) is 12.5. The number of fused-ring (bicyclic) bond motifs is 1. The molecule has 1 aromatic heterocycles. The quantitative estimate of drug-likeness (QED) is 0.361. The number of para-hydroxylation sites is 1. The Bertz CT molecular complexity index is 1140. The molecule has 2 aromatic carbocycles. The molecule has 186 valence electrons. The van der Waals surface area contributed by atoms with E-state index in [-0.39, 0.29) is 5.91 Å². The first kappa shape index (κ1) is 25.5. The lowest BCUT2D eigenvalue weighted by Gasteiger charge is -2.29. The highest BCUT2D eigenvalue weighted by Gasteiger charge is 2.28. The van der Waals surface area contributed by atoms with Gasteiger partial charge in [-0.05, 0) is 41.7 Å². The van der Waals surface area contributed by atoms with Crippen LogP contribution in [0.2, 0.25) is 5.02 Å². The zero-order chi connectivity index (χ0) is 24.9. The molecule has 0 bridgehead atoms. The summed E-state index contributed by atoms with van der Waals surface area (Å²) >= 11 is 6.23. The molecule has 2 heterocycles. The summed E-state index contributed by atoms with van der Waals surface area (Å²) in [5.41, 5.74) is 5.81. The molecule has 0 fully saturated rings. The molecule has 3 aromatic rings. The van der Waals surface area contributed by atoms with Gasteiger partial charge in [0.1, 0.15) is 0 Å². The van der Waals surface area contributed by atoms with Crippen molar-refractivity contribution in [2.45, 2.75) is 60.2 Å². The lowest BCUT2D eigenvalue weighted by atomic mass is 10.0. The van der Waals surface area contributed by atoms with Gasteiger partial charge >= 0.3 is 0 Å². The predicted octanol–water partition coefficient (Wildman–Crippen LogP) is 6.11. The van der Waals surface area contributed by atoms with Crippen molar-refractivity contribution in [1.29, 1.82) is 0 Å². The molecule has 0 aliphatic carbocycles. The third kappa shape index (κ3) is 6.53. The zero-order valence-electron chi connectivity index (χ0n) is 21.4. The van der Waals surface area contributed by atoms with Crippen molar-refractivity contribution < 1.29 is 4.79 Å². The molecule has 0 unspecified atom stereocenters. The minimum Gasteiger partial charge on any atom is -0.336 e. The summed E-state index contributed by atoms with van der Waals surface area (Å²) in [6, 6.07) is 18.4. The first-order valence-corrected chi connectivity index (χ1v) is 13.1. The molecule has 6 heteroatoms. The van der Waals surface area contributed by atoms with Crippen LogP contribution in [-0.4, -0.2) is 38.6 Å². The summed E-state index contributed by atoms with van der Waals surface area (Å²) in [6.07, 6.45) is 1.48. The van der Waals surface area contributed by atoms with E-state index in [2.05, 4.69) is 67.6 Å². The molecule has 35 heavy (non-hydrogen) atoms. The van der Waals surface area contributed by atoms with E-state index in [1.165, 1.54) is 16.8 Å². The van der Waals surface area contributed by atoms with Crippen LogP contribution in [-0.2, 0) is 30.8 Å². The fourth-order valence-electron chi connectivity index (χ4n) is 4.83. The molecule has 0 atom stereocenters. The molecule has 5 nitrogen and oxygen atoms in total. The Hall–Kier alpha value is -2.63. The van der Waals surface area contributed by atoms with E-state index in [0.29, 0.717) is 24.8 Å². The number of carbonyl (C=O) groups excluding carboxylic acids is 1. The second-order valence-corrected chi connectivity index (χ2v) is 10.9. The summed E-state index contributed by atoms with van der Waals surface area (Å²) in [5.74, 6) is 0.946. The Morgan fingerprint density at radius 1 is 1.06 bits per heavy atom. The average Bonchev–Trinajstić information content (AvgIpc) is 3.16. The number of aromatic nitrogens is 2. The smallest absolute Gasteiger partial charge is 0.223 e. The van der Waals surface area contributed by atoms with E-state index in [0.717, 1.165) is 49.0 Å². The van der Waals surface area contributed by atoms with Crippen molar-refractivity contribution in [2.75, 3.05) is 13.1 Å².